The van der Waals surface area contributed by atoms with Crippen LogP contribution in [0.1, 0.15) is 70.3 Å². The molecule has 1 aliphatic heterocycles. The van der Waals surface area contributed by atoms with Crippen LogP contribution in [0.2, 0.25) is 0 Å². The zero-order chi connectivity index (χ0) is 26.6. The lowest BCUT2D eigenvalue weighted by molar-refractivity contribution is 0.0714. The van der Waals surface area contributed by atoms with E-state index in [9.17, 15) is 14.4 Å². The SMILES string of the molecule is CC(C)(C)c1ccc(C(=O)Nc2ccc(C(N)=O)c(NC3CCCN(C(=O)c4ccccc4)C3)c2)cc1. The van der Waals surface area contributed by atoms with Crippen molar-refractivity contribution in [1.29, 1.82) is 0 Å². The van der Waals surface area contributed by atoms with E-state index in [0.717, 1.165) is 18.4 Å². The summed E-state index contributed by atoms with van der Waals surface area (Å²) in [5, 5.41) is 6.31. The normalized spacial score (nSPS) is 15.6. The van der Waals surface area contributed by atoms with Crippen LogP contribution in [0.15, 0.2) is 72.8 Å². The van der Waals surface area contributed by atoms with E-state index in [1.54, 1.807) is 18.2 Å². The first-order chi connectivity index (χ1) is 17.6. The third kappa shape index (κ3) is 6.36. The maximum absolute atomic E-state index is 12.9. The Labute approximate surface area is 218 Å². The smallest absolute Gasteiger partial charge is 0.255 e. The number of rotatable bonds is 6. The summed E-state index contributed by atoms with van der Waals surface area (Å²) >= 11 is 0. The molecule has 1 atom stereocenters. The summed E-state index contributed by atoms with van der Waals surface area (Å²) in [6.45, 7) is 7.56. The van der Waals surface area contributed by atoms with Gasteiger partial charge in [0.1, 0.15) is 0 Å². The Bertz CT molecular complexity index is 1280. The van der Waals surface area contributed by atoms with Gasteiger partial charge in [0.2, 0.25) is 0 Å². The first-order valence-corrected chi connectivity index (χ1v) is 12.6. The fourth-order valence-electron chi connectivity index (χ4n) is 4.54. The molecule has 0 radical (unpaired) electrons. The molecule has 1 saturated heterocycles. The van der Waals surface area contributed by atoms with E-state index in [2.05, 4.69) is 31.4 Å². The first kappa shape index (κ1) is 25.9. The average molecular weight is 499 g/mol. The second-order valence-electron chi connectivity index (χ2n) is 10.5. The molecule has 1 unspecified atom stereocenters. The highest BCUT2D eigenvalue weighted by molar-refractivity contribution is 6.05. The highest BCUT2D eigenvalue weighted by atomic mass is 16.2. The molecule has 0 spiro atoms. The maximum atomic E-state index is 12.9. The Kier molecular flexibility index (Phi) is 7.62. The van der Waals surface area contributed by atoms with Gasteiger partial charge in [-0.1, -0.05) is 51.1 Å². The lowest BCUT2D eigenvalue weighted by Gasteiger charge is -2.34. The highest BCUT2D eigenvalue weighted by Gasteiger charge is 2.25. The van der Waals surface area contributed by atoms with Crippen LogP contribution in [0.3, 0.4) is 0 Å². The van der Waals surface area contributed by atoms with Crippen LogP contribution < -0.4 is 16.4 Å². The van der Waals surface area contributed by atoms with Gasteiger partial charge in [-0.15, -0.1) is 0 Å². The minimum absolute atomic E-state index is 0.000571. The minimum atomic E-state index is -0.564. The maximum Gasteiger partial charge on any atom is 0.255 e. The molecule has 37 heavy (non-hydrogen) atoms. The van der Waals surface area contributed by atoms with E-state index < -0.39 is 5.91 Å². The Morgan fingerprint density at radius 2 is 1.62 bits per heavy atom. The second-order valence-corrected chi connectivity index (χ2v) is 10.5. The number of benzene rings is 3. The van der Waals surface area contributed by atoms with Crippen LogP contribution in [0.25, 0.3) is 0 Å². The number of nitrogens with one attached hydrogen (secondary N) is 2. The van der Waals surface area contributed by atoms with Gasteiger partial charge in [0, 0.05) is 41.6 Å². The lowest BCUT2D eigenvalue weighted by atomic mass is 9.87. The first-order valence-electron chi connectivity index (χ1n) is 12.6. The molecular formula is C30H34N4O3. The molecule has 1 aliphatic rings. The number of carbonyl (C=O) groups excluding carboxylic acids is 3. The summed E-state index contributed by atoms with van der Waals surface area (Å²) in [4.78, 5) is 39.8. The van der Waals surface area contributed by atoms with Gasteiger partial charge in [-0.2, -0.15) is 0 Å². The number of hydrogen-bond acceptors (Lipinski definition) is 4. The summed E-state index contributed by atoms with van der Waals surface area (Å²) in [7, 11) is 0. The molecule has 3 aromatic rings. The zero-order valence-corrected chi connectivity index (χ0v) is 21.6. The van der Waals surface area contributed by atoms with Crippen molar-refractivity contribution in [2.75, 3.05) is 23.7 Å². The van der Waals surface area contributed by atoms with Gasteiger partial charge in [0.25, 0.3) is 17.7 Å². The van der Waals surface area contributed by atoms with Gasteiger partial charge in [-0.3, -0.25) is 14.4 Å². The molecule has 0 saturated carbocycles. The van der Waals surface area contributed by atoms with Crippen molar-refractivity contribution in [3.63, 3.8) is 0 Å². The number of likely N-dealkylation sites (tertiary alicyclic amines) is 1. The number of nitrogens with two attached hydrogens (primary N) is 1. The van der Waals surface area contributed by atoms with Crippen molar-refractivity contribution in [1.82, 2.24) is 4.90 Å². The Balaban J connectivity index is 1.48. The predicted octanol–water partition coefficient (Wildman–Crippen LogP) is 5.05. The Hall–Kier alpha value is -4.13. The van der Waals surface area contributed by atoms with Crippen LogP contribution in [-0.4, -0.2) is 41.8 Å². The topological polar surface area (TPSA) is 105 Å². The molecule has 7 nitrogen and oxygen atoms in total. The number of hydrogen-bond donors (Lipinski definition) is 3. The fourth-order valence-corrected chi connectivity index (χ4v) is 4.54. The highest BCUT2D eigenvalue weighted by Crippen LogP contribution is 2.26. The van der Waals surface area contributed by atoms with Gasteiger partial charge in [0.15, 0.2) is 0 Å². The number of piperidine rings is 1. The van der Waals surface area contributed by atoms with Crippen molar-refractivity contribution in [3.05, 3.63) is 95.1 Å². The van der Waals surface area contributed by atoms with E-state index >= 15 is 0 Å². The van der Waals surface area contributed by atoms with E-state index in [1.807, 2.05) is 59.5 Å². The summed E-state index contributed by atoms with van der Waals surface area (Å²) < 4.78 is 0. The predicted molar refractivity (Wildman–Crippen MR) is 147 cm³/mol. The van der Waals surface area contributed by atoms with Crippen molar-refractivity contribution < 1.29 is 14.4 Å². The molecule has 192 valence electrons. The van der Waals surface area contributed by atoms with E-state index in [-0.39, 0.29) is 23.3 Å². The molecule has 0 aromatic heterocycles. The third-order valence-corrected chi connectivity index (χ3v) is 6.64. The number of amides is 3. The summed E-state index contributed by atoms with van der Waals surface area (Å²) in [5.74, 6) is -0.817. The molecule has 7 heteroatoms. The lowest BCUT2D eigenvalue weighted by Crippen LogP contribution is -2.45. The minimum Gasteiger partial charge on any atom is -0.380 e. The number of carbonyl (C=O) groups is 3. The van der Waals surface area contributed by atoms with E-state index in [4.69, 9.17) is 5.73 Å². The molecule has 4 rings (SSSR count). The van der Waals surface area contributed by atoms with Crippen LogP contribution in [0, 0.1) is 0 Å². The number of nitrogens with zero attached hydrogens (tertiary/aromatic N) is 1. The van der Waals surface area contributed by atoms with Crippen LogP contribution >= 0.6 is 0 Å². The van der Waals surface area contributed by atoms with Gasteiger partial charge >= 0.3 is 0 Å². The summed E-state index contributed by atoms with van der Waals surface area (Å²) in [6.07, 6.45) is 1.68. The largest absolute Gasteiger partial charge is 0.380 e. The number of anilines is 2. The fraction of sp³-hybridized carbons (Fsp3) is 0.300. The molecule has 0 aliphatic carbocycles. The molecule has 0 bridgehead atoms. The quantitative estimate of drug-likeness (QED) is 0.442. The Morgan fingerprint density at radius 1 is 0.919 bits per heavy atom. The average Bonchev–Trinajstić information content (AvgIpc) is 2.88. The van der Waals surface area contributed by atoms with Crippen LogP contribution in [-0.2, 0) is 5.41 Å². The monoisotopic (exact) mass is 498 g/mol. The van der Waals surface area contributed by atoms with Crippen LogP contribution in [0.4, 0.5) is 11.4 Å². The molecule has 3 amide bonds. The van der Waals surface area contributed by atoms with Crippen molar-refractivity contribution >= 4 is 29.1 Å². The number of primary amides is 1. The van der Waals surface area contributed by atoms with Crippen molar-refractivity contribution in [2.24, 2.45) is 5.73 Å². The molecular weight excluding hydrogens is 464 g/mol. The Morgan fingerprint density at radius 3 is 2.27 bits per heavy atom. The molecule has 4 N–H and O–H groups in total. The van der Waals surface area contributed by atoms with Gasteiger partial charge in [-0.05, 0) is 66.3 Å². The van der Waals surface area contributed by atoms with Crippen LogP contribution in [0.5, 0.6) is 0 Å². The van der Waals surface area contributed by atoms with E-state index in [1.165, 1.54) is 0 Å². The third-order valence-electron chi connectivity index (χ3n) is 6.64. The van der Waals surface area contributed by atoms with Gasteiger partial charge < -0.3 is 21.3 Å². The van der Waals surface area contributed by atoms with Gasteiger partial charge in [-0.25, -0.2) is 0 Å². The molecule has 1 heterocycles. The standard InChI is InChI=1S/C30H34N4O3/c1-30(2,3)22-13-11-20(12-14-22)28(36)33-23-15-16-25(27(31)35)26(18-23)32-24-10-7-17-34(19-24)29(37)21-8-5-4-6-9-21/h4-6,8-9,11-16,18,24,32H,7,10,17,19H2,1-3H3,(H2,31,35)(H,33,36). The summed E-state index contributed by atoms with van der Waals surface area (Å²) in [5.41, 5.74) is 9.39. The zero-order valence-electron chi connectivity index (χ0n) is 21.6. The molecule has 3 aromatic carbocycles. The van der Waals surface area contributed by atoms with Crippen molar-refractivity contribution in [2.45, 2.75) is 45.1 Å². The summed E-state index contributed by atoms with van der Waals surface area (Å²) in [6, 6.07) is 21.7. The second kappa shape index (κ2) is 10.9. The molecule has 1 fully saturated rings. The van der Waals surface area contributed by atoms with Crippen molar-refractivity contribution in [3.8, 4) is 0 Å². The van der Waals surface area contributed by atoms with E-state index in [0.29, 0.717) is 41.2 Å². The van der Waals surface area contributed by atoms with Gasteiger partial charge in [0.05, 0.1) is 5.56 Å².